The molecule has 0 saturated heterocycles. The number of ether oxygens (including phenoxy) is 2. The zero-order valence-corrected chi connectivity index (χ0v) is 17.5. The highest BCUT2D eigenvalue weighted by atomic mass is 79.9. The fourth-order valence-corrected chi connectivity index (χ4v) is 2.75. The van der Waals surface area contributed by atoms with E-state index in [-0.39, 0.29) is 0 Å². The van der Waals surface area contributed by atoms with Gasteiger partial charge in [-0.1, -0.05) is 15.9 Å². The van der Waals surface area contributed by atoms with Crippen molar-refractivity contribution in [3.8, 4) is 5.88 Å². The summed E-state index contributed by atoms with van der Waals surface area (Å²) in [5.41, 5.74) is 2.72. The highest BCUT2D eigenvalue weighted by Crippen LogP contribution is 2.19. The summed E-state index contributed by atoms with van der Waals surface area (Å²) < 4.78 is 11.9. The number of benzene rings is 1. The number of carbonyl (C=O) groups excluding carboxylic acids is 1. The molecule has 0 aliphatic carbocycles. The highest BCUT2D eigenvalue weighted by Gasteiger charge is 2.15. The quantitative estimate of drug-likeness (QED) is 0.627. The van der Waals surface area contributed by atoms with Gasteiger partial charge in [-0.3, -0.25) is 4.98 Å². The fourth-order valence-electron chi connectivity index (χ4n) is 2.40. The standard InChI is InChI=1S/C20H21BrN4O3/c1-20(2,3)28-19(26)24-10-13-6-14(9-22-8-13)12-27-18-11-23-16-5-4-15(21)7-17(16)25-18/h4-9,11H,10,12H2,1-3H3,(H,24,26). The van der Waals surface area contributed by atoms with Crippen LogP contribution in [-0.2, 0) is 17.9 Å². The number of hydrogen-bond acceptors (Lipinski definition) is 6. The Kier molecular flexibility index (Phi) is 6.08. The van der Waals surface area contributed by atoms with Crippen LogP contribution >= 0.6 is 15.9 Å². The van der Waals surface area contributed by atoms with Gasteiger partial charge in [0.1, 0.15) is 12.2 Å². The fraction of sp³-hybridized carbons (Fsp3) is 0.300. The zero-order chi connectivity index (χ0) is 20.1. The minimum Gasteiger partial charge on any atom is -0.472 e. The molecule has 1 aromatic carbocycles. The van der Waals surface area contributed by atoms with Crippen LogP contribution in [0.25, 0.3) is 11.0 Å². The molecule has 0 spiro atoms. The van der Waals surface area contributed by atoms with Gasteiger partial charge in [0.2, 0.25) is 5.88 Å². The molecule has 0 radical (unpaired) electrons. The molecule has 1 N–H and O–H groups in total. The molecule has 1 amide bonds. The highest BCUT2D eigenvalue weighted by molar-refractivity contribution is 9.10. The smallest absolute Gasteiger partial charge is 0.407 e. The predicted molar refractivity (Wildman–Crippen MR) is 109 cm³/mol. The van der Waals surface area contributed by atoms with Crippen molar-refractivity contribution in [1.82, 2.24) is 20.3 Å². The largest absolute Gasteiger partial charge is 0.472 e. The third-order valence-corrected chi connectivity index (χ3v) is 4.05. The summed E-state index contributed by atoms with van der Waals surface area (Å²) in [4.78, 5) is 24.8. The first-order valence-corrected chi connectivity index (χ1v) is 9.52. The van der Waals surface area contributed by atoms with Crippen LogP contribution in [0.15, 0.2) is 47.3 Å². The van der Waals surface area contributed by atoms with Gasteiger partial charge in [-0.15, -0.1) is 0 Å². The van der Waals surface area contributed by atoms with Gasteiger partial charge in [0.25, 0.3) is 0 Å². The van der Waals surface area contributed by atoms with E-state index >= 15 is 0 Å². The number of pyridine rings is 1. The lowest BCUT2D eigenvalue weighted by atomic mass is 10.2. The van der Waals surface area contributed by atoms with E-state index in [0.29, 0.717) is 19.0 Å². The van der Waals surface area contributed by atoms with Gasteiger partial charge in [-0.2, -0.15) is 0 Å². The van der Waals surface area contributed by atoms with Crippen LogP contribution in [0.5, 0.6) is 5.88 Å². The number of hydrogen-bond donors (Lipinski definition) is 1. The van der Waals surface area contributed by atoms with Crippen molar-refractivity contribution >= 4 is 33.1 Å². The second kappa shape index (κ2) is 8.52. The van der Waals surface area contributed by atoms with Crippen molar-refractivity contribution in [1.29, 1.82) is 0 Å². The van der Waals surface area contributed by atoms with E-state index in [9.17, 15) is 4.79 Å². The van der Waals surface area contributed by atoms with Crippen molar-refractivity contribution < 1.29 is 14.3 Å². The van der Waals surface area contributed by atoms with Gasteiger partial charge < -0.3 is 14.8 Å². The van der Waals surface area contributed by atoms with Gasteiger partial charge >= 0.3 is 6.09 Å². The molecule has 0 saturated carbocycles. The monoisotopic (exact) mass is 444 g/mol. The molecule has 3 rings (SSSR count). The van der Waals surface area contributed by atoms with Crippen molar-refractivity contribution in [3.05, 3.63) is 58.5 Å². The van der Waals surface area contributed by atoms with Crippen LogP contribution in [-0.4, -0.2) is 26.6 Å². The molecule has 8 heteroatoms. The topological polar surface area (TPSA) is 86.2 Å². The van der Waals surface area contributed by atoms with Crippen LogP contribution < -0.4 is 10.1 Å². The lowest BCUT2D eigenvalue weighted by Gasteiger charge is -2.19. The summed E-state index contributed by atoms with van der Waals surface area (Å²) in [6, 6.07) is 7.61. The number of carbonyl (C=O) groups is 1. The molecule has 2 heterocycles. The summed E-state index contributed by atoms with van der Waals surface area (Å²) in [7, 11) is 0. The average Bonchev–Trinajstić information content (AvgIpc) is 2.63. The Hall–Kier alpha value is -2.74. The maximum atomic E-state index is 11.8. The number of nitrogens with one attached hydrogen (secondary N) is 1. The molecular weight excluding hydrogens is 424 g/mol. The molecule has 3 aromatic rings. The molecule has 0 aliphatic heterocycles. The van der Waals surface area contributed by atoms with E-state index < -0.39 is 11.7 Å². The van der Waals surface area contributed by atoms with Crippen molar-refractivity contribution in [2.45, 2.75) is 39.5 Å². The van der Waals surface area contributed by atoms with Gasteiger partial charge in [0, 0.05) is 29.0 Å². The first kappa shape index (κ1) is 20.0. The maximum absolute atomic E-state index is 11.8. The van der Waals surface area contributed by atoms with Crippen LogP contribution in [0.4, 0.5) is 4.79 Å². The molecule has 0 bridgehead atoms. The summed E-state index contributed by atoms with van der Waals surface area (Å²) in [6.45, 7) is 6.07. The summed E-state index contributed by atoms with van der Waals surface area (Å²) in [5, 5.41) is 2.71. The van der Waals surface area contributed by atoms with Gasteiger partial charge in [0.15, 0.2) is 0 Å². The van der Waals surface area contributed by atoms with Crippen molar-refractivity contribution in [2.24, 2.45) is 0 Å². The van der Waals surface area contributed by atoms with Gasteiger partial charge in [-0.05, 0) is 50.6 Å². The van der Waals surface area contributed by atoms with Crippen LogP contribution in [0.3, 0.4) is 0 Å². The second-order valence-corrected chi connectivity index (χ2v) is 8.10. The predicted octanol–water partition coefficient (Wildman–Crippen LogP) is 4.39. The van der Waals surface area contributed by atoms with E-state index in [1.807, 2.05) is 45.0 Å². The van der Waals surface area contributed by atoms with Crippen LogP contribution in [0.2, 0.25) is 0 Å². The Morgan fingerprint density at radius 2 is 1.89 bits per heavy atom. The van der Waals surface area contributed by atoms with E-state index in [1.165, 1.54) is 0 Å². The van der Waals surface area contributed by atoms with Gasteiger partial charge in [-0.25, -0.2) is 14.8 Å². The number of aromatic nitrogens is 3. The Bertz CT molecular complexity index is 989. The van der Waals surface area contributed by atoms with E-state index in [4.69, 9.17) is 9.47 Å². The van der Waals surface area contributed by atoms with Crippen molar-refractivity contribution in [3.63, 3.8) is 0 Å². The Balaban J connectivity index is 1.59. The second-order valence-electron chi connectivity index (χ2n) is 7.19. The molecular formula is C20H21BrN4O3. The third-order valence-electron chi connectivity index (χ3n) is 3.56. The minimum atomic E-state index is -0.533. The first-order valence-electron chi connectivity index (χ1n) is 8.73. The average molecular weight is 445 g/mol. The van der Waals surface area contributed by atoms with Crippen molar-refractivity contribution in [2.75, 3.05) is 0 Å². The summed E-state index contributed by atoms with van der Waals surface area (Å²) >= 11 is 3.43. The minimum absolute atomic E-state index is 0.293. The Morgan fingerprint density at radius 1 is 1.11 bits per heavy atom. The lowest BCUT2D eigenvalue weighted by molar-refractivity contribution is 0.0523. The lowest BCUT2D eigenvalue weighted by Crippen LogP contribution is -2.32. The zero-order valence-electron chi connectivity index (χ0n) is 15.9. The van der Waals surface area contributed by atoms with Crippen LogP contribution in [0, 0.1) is 0 Å². The third kappa shape index (κ3) is 5.88. The molecule has 0 aliphatic rings. The number of halogens is 1. The SMILES string of the molecule is CC(C)(C)OC(=O)NCc1cncc(COc2cnc3ccc(Br)cc3n2)c1. The Labute approximate surface area is 171 Å². The number of nitrogens with zero attached hydrogens (tertiary/aromatic N) is 3. The molecule has 0 atom stereocenters. The maximum Gasteiger partial charge on any atom is 0.407 e. The normalized spacial score (nSPS) is 11.3. The van der Waals surface area contributed by atoms with E-state index in [2.05, 4.69) is 36.2 Å². The van der Waals surface area contributed by atoms with Crippen LogP contribution in [0.1, 0.15) is 31.9 Å². The number of alkyl carbamates (subject to hydrolysis) is 1. The number of rotatable bonds is 5. The summed E-state index contributed by atoms with van der Waals surface area (Å²) in [5.74, 6) is 0.433. The first-order chi connectivity index (χ1) is 13.3. The molecule has 28 heavy (non-hydrogen) atoms. The van der Waals surface area contributed by atoms with Gasteiger partial charge in [0.05, 0.1) is 17.2 Å². The van der Waals surface area contributed by atoms with E-state index in [0.717, 1.165) is 26.6 Å². The molecule has 0 unspecified atom stereocenters. The summed E-state index contributed by atoms with van der Waals surface area (Å²) in [6.07, 6.45) is 4.53. The number of fused-ring (bicyclic) bond motifs is 1. The molecule has 146 valence electrons. The van der Waals surface area contributed by atoms with E-state index in [1.54, 1.807) is 18.6 Å². The number of amides is 1. The molecule has 7 nitrogen and oxygen atoms in total. The molecule has 2 aromatic heterocycles. The Morgan fingerprint density at radius 3 is 2.68 bits per heavy atom. The molecule has 0 fully saturated rings.